The van der Waals surface area contributed by atoms with Crippen LogP contribution in [0.3, 0.4) is 0 Å². The van der Waals surface area contributed by atoms with E-state index in [0.29, 0.717) is 0 Å². The Morgan fingerprint density at radius 1 is 0.773 bits per heavy atom. The lowest BCUT2D eigenvalue weighted by atomic mass is 9.79. The molecule has 44 heavy (non-hydrogen) atoms. The van der Waals surface area contributed by atoms with Gasteiger partial charge in [-0.1, -0.05) is 111 Å². The summed E-state index contributed by atoms with van der Waals surface area (Å²) in [6.07, 6.45) is 13.9. The smallest absolute Gasteiger partial charge is 0.210 e. The van der Waals surface area contributed by atoms with E-state index in [2.05, 4.69) is 164 Å². The quantitative estimate of drug-likeness (QED) is 0.130. The Morgan fingerprint density at radius 2 is 1.41 bits per heavy atom. The first-order valence-corrected chi connectivity index (χ1v) is 17.2. The highest BCUT2D eigenvalue weighted by atomic mass is 79.9. The highest BCUT2D eigenvalue weighted by molar-refractivity contribution is 9.11. The number of rotatable bonds is 9. The van der Waals surface area contributed by atoms with Gasteiger partial charge in [0.1, 0.15) is 6.54 Å². The summed E-state index contributed by atoms with van der Waals surface area (Å²) in [5.74, 6) is 0. The topological polar surface area (TPSA) is 6.25 Å². The van der Waals surface area contributed by atoms with Gasteiger partial charge in [0, 0.05) is 52.0 Å². The van der Waals surface area contributed by atoms with Gasteiger partial charge in [0.2, 0.25) is 5.69 Å². The van der Waals surface area contributed by atoms with Crippen LogP contribution in [0.5, 0.6) is 0 Å². The van der Waals surface area contributed by atoms with Gasteiger partial charge in [0.05, 0.1) is 5.41 Å². The highest BCUT2D eigenvalue weighted by Gasteiger charge is 2.45. The maximum atomic E-state index is 3.94. The average molecular weight is 647 g/mol. The van der Waals surface area contributed by atoms with E-state index < -0.39 is 0 Å². The SMILES string of the molecule is CCCCN1/C(=C/C=C(Br)/C=C/C2=[N+](CCCC)c3ccc4ccccc4c3C2(C)C)C(C)(C)c2c1ccc1ccccc21. The number of hydrogen-bond acceptors (Lipinski definition) is 1. The molecule has 4 aromatic rings. The van der Waals surface area contributed by atoms with E-state index in [0.717, 1.165) is 17.6 Å². The van der Waals surface area contributed by atoms with Gasteiger partial charge in [-0.05, 0) is 77.7 Å². The predicted octanol–water partition coefficient (Wildman–Crippen LogP) is 11.5. The summed E-state index contributed by atoms with van der Waals surface area (Å²) in [6.45, 7) is 16.2. The van der Waals surface area contributed by atoms with Crippen molar-refractivity contribution in [2.45, 2.75) is 78.1 Å². The maximum Gasteiger partial charge on any atom is 0.210 e. The maximum absolute atomic E-state index is 3.94. The fourth-order valence-corrected chi connectivity index (χ4v) is 7.82. The van der Waals surface area contributed by atoms with Crippen LogP contribution in [0.2, 0.25) is 0 Å². The summed E-state index contributed by atoms with van der Waals surface area (Å²) in [5, 5.41) is 5.35. The fourth-order valence-electron chi connectivity index (χ4n) is 7.56. The van der Waals surface area contributed by atoms with Crippen molar-refractivity contribution in [2.75, 3.05) is 18.0 Å². The molecule has 0 aliphatic carbocycles. The summed E-state index contributed by atoms with van der Waals surface area (Å²) >= 11 is 3.94. The van der Waals surface area contributed by atoms with Gasteiger partial charge in [-0.25, -0.2) is 0 Å². The molecular weight excluding hydrogens is 600 g/mol. The number of anilines is 1. The first-order valence-electron chi connectivity index (χ1n) is 16.4. The molecule has 0 radical (unpaired) electrons. The van der Waals surface area contributed by atoms with Gasteiger partial charge < -0.3 is 4.90 Å². The van der Waals surface area contributed by atoms with Crippen molar-refractivity contribution < 1.29 is 4.58 Å². The second-order valence-corrected chi connectivity index (χ2v) is 14.4. The lowest BCUT2D eigenvalue weighted by Gasteiger charge is -2.27. The minimum atomic E-state index is -0.0979. The molecule has 0 saturated heterocycles. The predicted molar refractivity (Wildman–Crippen MR) is 195 cm³/mol. The molecule has 0 bridgehead atoms. The number of fused-ring (bicyclic) bond motifs is 6. The number of unbranched alkanes of at least 4 members (excludes halogenated alkanes) is 2. The summed E-state index contributed by atoms with van der Waals surface area (Å²) < 4.78 is 3.64. The second-order valence-electron chi connectivity index (χ2n) is 13.4. The van der Waals surface area contributed by atoms with Crippen LogP contribution in [0.25, 0.3) is 21.5 Å². The van der Waals surface area contributed by atoms with Crippen molar-refractivity contribution in [3.63, 3.8) is 0 Å². The summed E-state index contributed by atoms with van der Waals surface area (Å²) in [7, 11) is 0. The number of benzene rings is 4. The zero-order valence-electron chi connectivity index (χ0n) is 27.3. The summed E-state index contributed by atoms with van der Waals surface area (Å²) in [6, 6.07) is 26.9. The largest absolute Gasteiger partial charge is 0.344 e. The molecule has 2 nitrogen and oxygen atoms in total. The van der Waals surface area contributed by atoms with Crippen LogP contribution in [-0.2, 0) is 10.8 Å². The molecule has 0 N–H and O–H groups in total. The fraction of sp³-hybridized carbons (Fsp3) is 0.341. The third kappa shape index (κ3) is 5.17. The first kappa shape index (κ1) is 30.6. The van der Waals surface area contributed by atoms with Crippen LogP contribution in [0.1, 0.15) is 78.4 Å². The van der Waals surface area contributed by atoms with Crippen LogP contribution in [0.15, 0.2) is 107 Å². The summed E-state index contributed by atoms with van der Waals surface area (Å²) in [4.78, 5) is 2.56. The third-order valence-electron chi connectivity index (χ3n) is 9.78. The second kappa shape index (κ2) is 12.2. The van der Waals surface area contributed by atoms with Gasteiger partial charge in [0.25, 0.3) is 0 Å². The van der Waals surface area contributed by atoms with Crippen LogP contribution >= 0.6 is 15.9 Å². The number of nitrogens with zero attached hydrogens (tertiary/aromatic N) is 2. The Labute approximate surface area is 272 Å². The van der Waals surface area contributed by atoms with Gasteiger partial charge in [-0.3, -0.25) is 0 Å². The van der Waals surface area contributed by atoms with E-state index in [4.69, 9.17) is 0 Å². The molecular formula is C41H46BrN2+. The molecule has 2 aliphatic heterocycles. The van der Waals surface area contributed by atoms with Gasteiger partial charge in [0.15, 0.2) is 5.71 Å². The molecule has 0 atom stereocenters. The molecule has 0 fully saturated rings. The Kier molecular flexibility index (Phi) is 8.46. The third-order valence-corrected chi connectivity index (χ3v) is 10.3. The molecule has 0 aromatic heterocycles. The molecule has 2 aliphatic rings. The minimum absolute atomic E-state index is 0.0979. The lowest BCUT2D eigenvalue weighted by molar-refractivity contribution is -0.438. The van der Waals surface area contributed by atoms with Crippen LogP contribution < -0.4 is 4.90 Å². The van der Waals surface area contributed by atoms with Crippen molar-refractivity contribution in [3.8, 4) is 0 Å². The van der Waals surface area contributed by atoms with Crippen molar-refractivity contribution in [1.29, 1.82) is 0 Å². The molecule has 4 aromatic carbocycles. The zero-order chi connectivity index (χ0) is 31.1. The summed E-state index contributed by atoms with van der Waals surface area (Å²) in [5.41, 5.74) is 8.12. The van der Waals surface area contributed by atoms with Gasteiger partial charge in [-0.15, -0.1) is 0 Å². The Morgan fingerprint density at radius 3 is 2.09 bits per heavy atom. The van der Waals surface area contributed by atoms with Crippen LogP contribution in [-0.4, -0.2) is 23.4 Å². The lowest BCUT2D eigenvalue weighted by Crippen LogP contribution is -2.28. The molecule has 2 heterocycles. The normalized spacial score (nSPS) is 18.3. The number of allylic oxidation sites excluding steroid dienone is 6. The first-order chi connectivity index (χ1) is 21.2. The molecule has 0 amide bonds. The molecule has 3 heteroatoms. The van der Waals surface area contributed by atoms with E-state index in [9.17, 15) is 0 Å². The molecule has 6 rings (SSSR count). The number of halogens is 1. The monoisotopic (exact) mass is 645 g/mol. The van der Waals surface area contributed by atoms with E-state index in [1.165, 1.54) is 81.1 Å². The van der Waals surface area contributed by atoms with E-state index >= 15 is 0 Å². The standard InChI is InChI=1S/C41H46BrN2/c1-7-9-27-43-34-23-19-29-15-11-13-17-32(29)38(34)40(3,4)36(43)25-21-31(42)22-26-37-41(5,6)39-33-18-14-12-16-30(33)20-24-35(39)44(37)28-10-8-2/h11-26H,7-10,27-28H2,1-6H3/q+1. The molecule has 0 spiro atoms. The zero-order valence-corrected chi connectivity index (χ0v) is 28.8. The Hall–Kier alpha value is -3.43. The number of hydrogen-bond donors (Lipinski definition) is 0. The average Bonchev–Trinajstić information content (AvgIpc) is 3.38. The van der Waals surface area contributed by atoms with Crippen molar-refractivity contribution in [1.82, 2.24) is 0 Å². The Balaban J connectivity index is 1.38. The van der Waals surface area contributed by atoms with Crippen molar-refractivity contribution >= 4 is 54.6 Å². The van der Waals surface area contributed by atoms with E-state index in [1.807, 2.05) is 0 Å². The molecule has 0 unspecified atom stereocenters. The van der Waals surface area contributed by atoms with Gasteiger partial charge >= 0.3 is 0 Å². The van der Waals surface area contributed by atoms with E-state index in [-0.39, 0.29) is 10.8 Å². The Bertz CT molecular complexity index is 1850. The van der Waals surface area contributed by atoms with Crippen molar-refractivity contribution in [3.05, 3.63) is 118 Å². The molecule has 226 valence electrons. The molecule has 0 saturated carbocycles. The van der Waals surface area contributed by atoms with E-state index in [1.54, 1.807) is 0 Å². The highest BCUT2D eigenvalue weighted by Crippen LogP contribution is 2.51. The minimum Gasteiger partial charge on any atom is -0.344 e. The van der Waals surface area contributed by atoms with Gasteiger partial charge in [-0.2, -0.15) is 4.58 Å². The van der Waals surface area contributed by atoms with Crippen LogP contribution in [0, 0.1) is 0 Å². The van der Waals surface area contributed by atoms with Crippen molar-refractivity contribution in [2.24, 2.45) is 0 Å². The van der Waals surface area contributed by atoms with Crippen LogP contribution in [0.4, 0.5) is 11.4 Å².